The number of hydrogen-bond acceptors (Lipinski definition) is 3. The molecular formula is C27H32ClNO4. The van der Waals surface area contributed by atoms with Gasteiger partial charge in [-0.25, -0.2) is 0 Å². The number of aromatic nitrogens is 1. The molecule has 2 aromatic carbocycles. The number of halogens is 1. The van der Waals surface area contributed by atoms with Crippen molar-refractivity contribution in [3.63, 3.8) is 0 Å². The molecule has 0 aliphatic carbocycles. The summed E-state index contributed by atoms with van der Waals surface area (Å²) >= 11 is 6.07. The van der Waals surface area contributed by atoms with Gasteiger partial charge in [0.05, 0.1) is 12.5 Å². The van der Waals surface area contributed by atoms with Gasteiger partial charge in [0.1, 0.15) is 5.75 Å². The molecule has 0 unspecified atom stereocenters. The van der Waals surface area contributed by atoms with E-state index in [1.54, 1.807) is 21.0 Å². The Kier molecular flexibility index (Phi) is 6.94. The van der Waals surface area contributed by atoms with Gasteiger partial charge in [0.25, 0.3) is 0 Å². The second-order valence-electron chi connectivity index (χ2n) is 10.4. The van der Waals surface area contributed by atoms with Crippen LogP contribution in [-0.2, 0) is 17.8 Å². The van der Waals surface area contributed by atoms with E-state index in [1.807, 2.05) is 63.2 Å². The number of hydrogen-bond donors (Lipinski definition) is 1. The zero-order valence-corrected chi connectivity index (χ0v) is 20.9. The topological polar surface area (TPSA) is 68.5 Å². The van der Waals surface area contributed by atoms with E-state index in [9.17, 15) is 14.7 Å². The van der Waals surface area contributed by atoms with Gasteiger partial charge in [0, 0.05) is 46.6 Å². The van der Waals surface area contributed by atoms with Gasteiger partial charge in [-0.3, -0.25) is 9.59 Å². The van der Waals surface area contributed by atoms with Gasteiger partial charge in [0.2, 0.25) is 0 Å². The molecule has 5 nitrogen and oxygen atoms in total. The number of carbonyl (C=O) groups is 2. The fourth-order valence-electron chi connectivity index (χ4n) is 4.03. The molecule has 33 heavy (non-hydrogen) atoms. The molecule has 1 N–H and O–H groups in total. The molecule has 1 heterocycles. The fourth-order valence-corrected chi connectivity index (χ4v) is 4.15. The first kappa shape index (κ1) is 24.8. The minimum absolute atomic E-state index is 0.00629. The van der Waals surface area contributed by atoms with Crippen molar-refractivity contribution >= 4 is 34.3 Å². The maximum absolute atomic E-state index is 13.6. The summed E-state index contributed by atoms with van der Waals surface area (Å²) in [6.07, 6.45) is 0.572. The predicted molar refractivity (Wildman–Crippen MR) is 133 cm³/mol. The summed E-state index contributed by atoms with van der Waals surface area (Å²) in [7, 11) is 1.59. The molecule has 3 aromatic rings. The normalized spacial score (nSPS) is 12.2. The first-order valence-electron chi connectivity index (χ1n) is 11.0. The van der Waals surface area contributed by atoms with E-state index in [2.05, 4.69) is 4.57 Å². The van der Waals surface area contributed by atoms with Crippen LogP contribution in [0.1, 0.15) is 62.7 Å². The van der Waals surface area contributed by atoms with Gasteiger partial charge in [-0.2, -0.15) is 0 Å². The van der Waals surface area contributed by atoms with Crippen LogP contribution in [0.4, 0.5) is 0 Å². The lowest BCUT2D eigenvalue weighted by atomic mass is 9.83. The molecule has 6 heteroatoms. The fraction of sp³-hybridized carbons (Fsp3) is 0.407. The average Bonchev–Trinajstić information content (AvgIpc) is 3.00. The first-order chi connectivity index (χ1) is 15.3. The van der Waals surface area contributed by atoms with Crippen LogP contribution in [0.5, 0.6) is 5.75 Å². The first-order valence-corrected chi connectivity index (χ1v) is 11.4. The van der Waals surface area contributed by atoms with Crippen molar-refractivity contribution in [2.45, 2.75) is 54.0 Å². The van der Waals surface area contributed by atoms with Crippen LogP contribution in [0, 0.1) is 10.8 Å². The van der Waals surface area contributed by atoms with Crippen LogP contribution in [-0.4, -0.2) is 28.5 Å². The second kappa shape index (κ2) is 9.22. The Morgan fingerprint density at radius 2 is 1.67 bits per heavy atom. The highest BCUT2D eigenvalue weighted by Crippen LogP contribution is 2.36. The van der Waals surface area contributed by atoms with Crippen LogP contribution in [0.25, 0.3) is 10.9 Å². The number of Topliss-reactive ketones (excluding diaryl/α,β-unsaturated/α-hetero) is 1. The van der Waals surface area contributed by atoms with E-state index in [-0.39, 0.29) is 17.6 Å². The van der Waals surface area contributed by atoms with Gasteiger partial charge >= 0.3 is 5.97 Å². The molecule has 3 rings (SSSR count). The lowest BCUT2D eigenvalue weighted by molar-refractivity contribution is -0.146. The van der Waals surface area contributed by atoms with E-state index >= 15 is 0 Å². The molecule has 0 saturated heterocycles. The molecule has 0 aliphatic rings. The van der Waals surface area contributed by atoms with Crippen molar-refractivity contribution in [3.05, 3.63) is 64.3 Å². The Labute approximate surface area is 200 Å². The quantitative estimate of drug-likeness (QED) is 0.376. The van der Waals surface area contributed by atoms with Crippen molar-refractivity contribution in [3.8, 4) is 5.75 Å². The van der Waals surface area contributed by atoms with E-state index in [4.69, 9.17) is 16.3 Å². The lowest BCUT2D eigenvalue weighted by Gasteiger charge is -2.23. The van der Waals surface area contributed by atoms with Gasteiger partial charge in [0.15, 0.2) is 5.78 Å². The molecule has 0 bridgehead atoms. The van der Waals surface area contributed by atoms with Crippen molar-refractivity contribution < 1.29 is 19.4 Å². The molecule has 0 aliphatic heterocycles. The zero-order valence-electron chi connectivity index (χ0n) is 20.2. The molecule has 176 valence electrons. The third-order valence-corrected chi connectivity index (χ3v) is 6.04. The number of ether oxygens (including phenoxy) is 1. The third-order valence-electron chi connectivity index (χ3n) is 5.79. The number of rotatable bonds is 8. The maximum Gasteiger partial charge on any atom is 0.309 e. The van der Waals surface area contributed by atoms with Crippen LogP contribution >= 0.6 is 11.6 Å². The highest BCUT2D eigenvalue weighted by atomic mass is 35.5. The van der Waals surface area contributed by atoms with Crippen LogP contribution in [0.2, 0.25) is 5.02 Å². The molecule has 0 fully saturated rings. The number of aliphatic carboxylic acids is 1. The average molecular weight is 470 g/mol. The number of carboxylic acid groups (broad SMARTS) is 1. The number of benzene rings is 2. The van der Waals surface area contributed by atoms with Crippen LogP contribution in [0.3, 0.4) is 0 Å². The highest BCUT2D eigenvalue weighted by molar-refractivity contribution is 6.30. The van der Waals surface area contributed by atoms with Crippen molar-refractivity contribution in [1.29, 1.82) is 0 Å². The summed E-state index contributed by atoms with van der Waals surface area (Å²) in [5.41, 5.74) is 1.94. The molecule has 0 saturated carbocycles. The minimum atomic E-state index is -1.05. The van der Waals surface area contributed by atoms with Crippen LogP contribution < -0.4 is 4.74 Å². The minimum Gasteiger partial charge on any atom is -0.497 e. The van der Waals surface area contributed by atoms with Crippen molar-refractivity contribution in [1.82, 2.24) is 4.57 Å². The smallest absolute Gasteiger partial charge is 0.309 e. The summed E-state index contributed by atoms with van der Waals surface area (Å²) in [4.78, 5) is 25.7. The number of fused-ring (bicyclic) bond motifs is 1. The number of nitrogens with zero attached hydrogens (tertiary/aromatic N) is 1. The number of carboxylic acids is 1. The van der Waals surface area contributed by atoms with E-state index < -0.39 is 11.4 Å². The summed E-state index contributed by atoms with van der Waals surface area (Å²) in [5.74, 6) is -0.246. The Balaban J connectivity index is 2.31. The van der Waals surface area contributed by atoms with E-state index in [0.717, 1.165) is 22.2 Å². The van der Waals surface area contributed by atoms with Gasteiger partial charge in [-0.05, 0) is 55.2 Å². The third kappa shape index (κ3) is 5.59. The molecule has 0 amide bonds. The largest absolute Gasteiger partial charge is 0.497 e. The van der Waals surface area contributed by atoms with Gasteiger partial charge in [-0.1, -0.05) is 44.5 Å². The van der Waals surface area contributed by atoms with Gasteiger partial charge in [-0.15, -0.1) is 0 Å². The van der Waals surface area contributed by atoms with E-state index in [1.165, 1.54) is 0 Å². The Hall–Kier alpha value is -2.79. The summed E-state index contributed by atoms with van der Waals surface area (Å²) < 4.78 is 7.52. The monoisotopic (exact) mass is 469 g/mol. The number of ketones is 1. The zero-order chi connectivity index (χ0) is 24.6. The molecule has 1 aromatic heterocycles. The van der Waals surface area contributed by atoms with Gasteiger partial charge < -0.3 is 14.4 Å². The number of methoxy groups -OCH3 is 1. The molecule has 0 atom stereocenters. The molecule has 0 spiro atoms. The summed E-state index contributed by atoms with van der Waals surface area (Å²) in [5, 5.41) is 11.3. The highest BCUT2D eigenvalue weighted by Gasteiger charge is 2.34. The SMILES string of the molecule is COc1ccc2c(c1)c(C(=O)CC(C)(C)C)c(CC(C)(C)C(=O)O)n2Cc1ccc(Cl)cc1. The van der Waals surface area contributed by atoms with E-state index in [0.29, 0.717) is 29.3 Å². The Morgan fingerprint density at radius 1 is 1.03 bits per heavy atom. The molecular weight excluding hydrogens is 438 g/mol. The Bertz CT molecular complexity index is 1180. The lowest BCUT2D eigenvalue weighted by Crippen LogP contribution is -2.28. The van der Waals surface area contributed by atoms with Crippen molar-refractivity contribution in [2.75, 3.05) is 7.11 Å². The van der Waals surface area contributed by atoms with Crippen LogP contribution in [0.15, 0.2) is 42.5 Å². The second-order valence-corrected chi connectivity index (χ2v) is 10.9. The predicted octanol–water partition coefficient (Wildman–Crippen LogP) is 6.62. The standard InChI is InChI=1S/C27H32ClNO4/c1-26(2,3)15-23(30)24-20-13-19(33-6)11-12-21(20)29(16-17-7-9-18(28)10-8-17)22(24)14-27(4,5)25(31)32/h7-13H,14-16H2,1-6H3,(H,31,32). The Morgan fingerprint density at radius 3 is 2.21 bits per heavy atom. The summed E-state index contributed by atoms with van der Waals surface area (Å²) in [6.45, 7) is 9.96. The molecule has 0 radical (unpaired) electrons. The van der Waals surface area contributed by atoms with Crippen molar-refractivity contribution in [2.24, 2.45) is 10.8 Å². The number of carbonyl (C=O) groups excluding carboxylic acids is 1. The maximum atomic E-state index is 13.6. The summed E-state index contributed by atoms with van der Waals surface area (Å²) in [6, 6.07) is 13.2.